The van der Waals surface area contributed by atoms with Gasteiger partial charge in [-0.25, -0.2) is 14.4 Å². The molecule has 0 spiro atoms. The summed E-state index contributed by atoms with van der Waals surface area (Å²) < 4.78 is 27.1. The number of rotatable bonds is 7. The Morgan fingerprint density at radius 2 is 2.32 bits per heavy atom. The van der Waals surface area contributed by atoms with Crippen LogP contribution in [0, 0.1) is 5.82 Å². The number of anilines is 2. The van der Waals surface area contributed by atoms with Crippen molar-refractivity contribution < 1.29 is 19.0 Å². The van der Waals surface area contributed by atoms with Gasteiger partial charge in [-0.15, -0.1) is 0 Å². The van der Waals surface area contributed by atoms with Gasteiger partial charge < -0.3 is 20.9 Å². The fourth-order valence-electron chi connectivity index (χ4n) is 3.82. The second kappa shape index (κ2) is 8.62. The van der Waals surface area contributed by atoms with Crippen LogP contribution in [0.2, 0.25) is 5.02 Å². The maximum absolute atomic E-state index is 14.4. The smallest absolute Gasteiger partial charge is 0.234 e. The van der Waals surface area contributed by atoms with Crippen molar-refractivity contribution in [3.05, 3.63) is 53.1 Å². The summed E-state index contributed by atoms with van der Waals surface area (Å²) >= 11 is 5.89. The van der Waals surface area contributed by atoms with Crippen molar-refractivity contribution in [2.45, 2.75) is 25.1 Å². The Morgan fingerprint density at radius 3 is 3.06 bits per heavy atom. The average molecular weight is 447 g/mol. The molecule has 0 radical (unpaired) electrons. The molecule has 2 heterocycles. The first-order chi connectivity index (χ1) is 15.4. The Balaban J connectivity index is 1.72. The van der Waals surface area contributed by atoms with E-state index in [4.69, 9.17) is 23.5 Å². The van der Waals surface area contributed by atoms with E-state index in [0.717, 1.165) is 5.56 Å². The Kier molecular flexibility index (Phi) is 5.54. The van der Waals surface area contributed by atoms with Crippen molar-refractivity contribution in [3.8, 4) is 5.75 Å². The van der Waals surface area contributed by atoms with Gasteiger partial charge in [0.05, 0.1) is 35.5 Å². The SMILES string of the molecule is [2H]O[C@@H]1C[C@@H](C(N)=O)N(Cc2cc3c(Nc4cccc(Cl)c4F)ncnc3cc2OC)C1. The topological polar surface area (TPSA) is 114 Å². The molecule has 0 aliphatic carbocycles. The number of carbonyl (C=O) groups is 1. The highest BCUT2D eigenvalue weighted by Crippen LogP contribution is 2.33. The fourth-order valence-corrected chi connectivity index (χ4v) is 4.00. The Labute approximate surface area is 184 Å². The number of hydrogen-bond acceptors (Lipinski definition) is 7. The number of nitrogens with zero attached hydrogens (tertiary/aromatic N) is 3. The third-order valence-corrected chi connectivity index (χ3v) is 5.60. The maximum Gasteiger partial charge on any atom is 0.234 e. The number of aliphatic hydroxyl groups excluding tert-OH is 1. The van der Waals surface area contributed by atoms with E-state index < -0.39 is 23.9 Å². The highest BCUT2D eigenvalue weighted by atomic mass is 35.5. The first-order valence-corrected chi connectivity index (χ1v) is 9.97. The second-order valence-corrected chi connectivity index (χ2v) is 7.74. The highest BCUT2D eigenvalue weighted by molar-refractivity contribution is 6.31. The molecule has 4 N–H and O–H groups in total. The minimum atomic E-state index is -0.586. The molecule has 0 saturated carbocycles. The number of fused-ring (bicyclic) bond motifs is 1. The molecule has 2 atom stereocenters. The number of aromatic nitrogens is 2. The molecule has 0 unspecified atom stereocenters. The second-order valence-electron chi connectivity index (χ2n) is 7.34. The summed E-state index contributed by atoms with van der Waals surface area (Å²) in [5.74, 6) is -0.112. The van der Waals surface area contributed by atoms with Crippen molar-refractivity contribution in [1.29, 1.82) is 1.43 Å². The van der Waals surface area contributed by atoms with Gasteiger partial charge in [0.25, 0.3) is 0 Å². The first-order valence-electron chi connectivity index (χ1n) is 10.00. The highest BCUT2D eigenvalue weighted by Gasteiger charge is 2.35. The van der Waals surface area contributed by atoms with Crippen LogP contribution in [0.15, 0.2) is 36.7 Å². The summed E-state index contributed by atoms with van der Waals surface area (Å²) in [6, 6.07) is 7.67. The number of aliphatic hydroxyl groups is 1. The van der Waals surface area contributed by atoms with Crippen LogP contribution in [0.25, 0.3) is 10.9 Å². The summed E-state index contributed by atoms with van der Waals surface area (Å²) in [5.41, 5.74) is 7.07. The molecule has 3 aromatic rings. The van der Waals surface area contributed by atoms with Gasteiger partial charge >= 0.3 is 0 Å². The monoisotopic (exact) mass is 446 g/mol. The number of likely N-dealkylation sites (tertiary alicyclic amines) is 1. The van der Waals surface area contributed by atoms with Gasteiger partial charge in [-0.3, -0.25) is 9.69 Å². The molecule has 31 heavy (non-hydrogen) atoms. The Hall–Kier alpha value is -3.01. The van der Waals surface area contributed by atoms with E-state index in [9.17, 15) is 9.18 Å². The van der Waals surface area contributed by atoms with Crippen LogP contribution in [0.3, 0.4) is 0 Å². The van der Waals surface area contributed by atoms with Gasteiger partial charge in [-0.1, -0.05) is 17.7 Å². The number of hydrogen-bond donors (Lipinski definition) is 3. The predicted octanol–water partition coefficient (Wildman–Crippen LogP) is 2.59. The standard InChI is InChI=1S/C21H21ClFN5O3/c1-31-18-7-16-13(5-11(18)8-28-9-12(29)6-17(28)20(24)30)21(26-10-25-16)27-15-4-2-3-14(22)19(15)23/h2-5,7,10,12,17,29H,6,8-9H2,1H3,(H2,24,30)(H,25,26,27)/t12-,17+/m1/s1/i29D. The molecule has 1 aliphatic heterocycles. The summed E-state index contributed by atoms with van der Waals surface area (Å²) in [7, 11) is 1.54. The zero-order valence-corrected chi connectivity index (χ0v) is 17.4. The third kappa shape index (κ3) is 4.25. The molecule has 2 aromatic carbocycles. The van der Waals surface area contributed by atoms with E-state index >= 15 is 0 Å². The van der Waals surface area contributed by atoms with Gasteiger partial charge in [0.15, 0.2) is 5.82 Å². The molecule has 1 aliphatic rings. The number of benzene rings is 2. The van der Waals surface area contributed by atoms with E-state index in [1.165, 1.54) is 19.5 Å². The lowest BCUT2D eigenvalue weighted by atomic mass is 10.1. The van der Waals surface area contributed by atoms with E-state index in [1.54, 1.807) is 18.2 Å². The molecule has 10 heteroatoms. The maximum atomic E-state index is 14.4. The number of primary amides is 1. The molecule has 4 rings (SSSR count). The van der Waals surface area contributed by atoms with Crippen LogP contribution in [-0.4, -0.2) is 53.1 Å². The number of nitrogens with one attached hydrogen (secondary N) is 1. The first kappa shape index (κ1) is 19.9. The number of nitrogens with two attached hydrogens (primary N) is 1. The van der Waals surface area contributed by atoms with Gasteiger partial charge in [0.2, 0.25) is 7.34 Å². The average Bonchev–Trinajstić information content (AvgIpc) is 3.20. The largest absolute Gasteiger partial charge is 0.496 e. The van der Waals surface area contributed by atoms with Gasteiger partial charge in [-0.05, 0) is 24.6 Å². The van der Waals surface area contributed by atoms with Crippen LogP contribution in [0.5, 0.6) is 5.75 Å². The summed E-state index contributed by atoms with van der Waals surface area (Å²) in [4.78, 5) is 22.3. The van der Waals surface area contributed by atoms with E-state index in [1.807, 2.05) is 11.0 Å². The molecule has 1 saturated heterocycles. The number of carbonyl (C=O) groups excluding carboxylic acids is 1. The van der Waals surface area contributed by atoms with E-state index in [0.29, 0.717) is 42.0 Å². The minimum Gasteiger partial charge on any atom is -0.496 e. The molecule has 8 nitrogen and oxygen atoms in total. The van der Waals surface area contributed by atoms with Crippen LogP contribution in [0.4, 0.5) is 15.9 Å². The van der Waals surface area contributed by atoms with Crippen molar-refractivity contribution in [3.63, 3.8) is 0 Å². The molecule has 0 bridgehead atoms. The lowest BCUT2D eigenvalue weighted by Crippen LogP contribution is -2.39. The number of halogens is 2. The van der Waals surface area contributed by atoms with Crippen LogP contribution in [-0.2, 0) is 11.3 Å². The molecule has 1 amide bonds. The van der Waals surface area contributed by atoms with Crippen molar-refractivity contribution in [2.75, 3.05) is 19.0 Å². The quantitative estimate of drug-likeness (QED) is 0.511. The van der Waals surface area contributed by atoms with E-state index in [2.05, 4.69) is 20.4 Å². The van der Waals surface area contributed by atoms with Crippen molar-refractivity contribution in [2.24, 2.45) is 5.73 Å². The molecule has 162 valence electrons. The number of ether oxygens (including phenoxy) is 1. The summed E-state index contributed by atoms with van der Waals surface area (Å²) in [6.07, 6.45) is 1.30. The molecule has 1 fully saturated rings. The third-order valence-electron chi connectivity index (χ3n) is 5.31. The predicted molar refractivity (Wildman–Crippen MR) is 115 cm³/mol. The van der Waals surface area contributed by atoms with Crippen LogP contribution < -0.4 is 15.8 Å². The molecular formula is C21H21ClFN5O3. The number of methoxy groups -OCH3 is 1. The number of β-amino-alcohol motifs (C(OH)–C–C–N with tert-alkyl or cyclic N) is 1. The van der Waals surface area contributed by atoms with Crippen LogP contribution >= 0.6 is 11.6 Å². The zero-order chi connectivity index (χ0) is 22.8. The van der Waals surface area contributed by atoms with Crippen LogP contribution in [0.1, 0.15) is 12.0 Å². The van der Waals surface area contributed by atoms with Gasteiger partial charge in [0, 0.05) is 30.1 Å². The van der Waals surface area contributed by atoms with Crippen molar-refractivity contribution >= 4 is 39.9 Å². The molecular weight excluding hydrogens is 425 g/mol. The Morgan fingerprint density at radius 1 is 1.48 bits per heavy atom. The number of amides is 1. The summed E-state index contributed by atoms with van der Waals surface area (Å²) in [5, 5.41) is 8.28. The van der Waals surface area contributed by atoms with Crippen molar-refractivity contribution in [1.82, 2.24) is 14.9 Å². The zero-order valence-electron chi connectivity index (χ0n) is 17.6. The normalized spacial score (nSPS) is 19.4. The van der Waals surface area contributed by atoms with Gasteiger partial charge in [0.1, 0.15) is 17.9 Å². The van der Waals surface area contributed by atoms with E-state index in [-0.39, 0.29) is 10.7 Å². The lowest BCUT2D eigenvalue weighted by Gasteiger charge is -2.23. The van der Waals surface area contributed by atoms with Gasteiger partial charge in [-0.2, -0.15) is 0 Å². The summed E-state index contributed by atoms with van der Waals surface area (Å²) in [6.45, 7) is 0.703. The minimum absolute atomic E-state index is 0.00610. The Bertz CT molecular complexity index is 1170. The lowest BCUT2D eigenvalue weighted by molar-refractivity contribution is -0.122. The molecule has 1 aromatic heterocycles. The fraction of sp³-hybridized carbons (Fsp3) is 0.286.